The summed E-state index contributed by atoms with van der Waals surface area (Å²) in [4.78, 5) is 25.0. The molecule has 0 bridgehead atoms. The van der Waals surface area contributed by atoms with Crippen molar-refractivity contribution in [3.63, 3.8) is 0 Å². The number of hydrogen-bond acceptors (Lipinski definition) is 4. The smallest absolute Gasteiger partial charge is 0.334 e. The lowest BCUT2D eigenvalue weighted by Gasteiger charge is -2.26. The molecular formula is C14H19N3O4S. The molecule has 1 saturated heterocycles. The number of carbonyl (C=O) groups excluding carboxylic acids is 2. The monoisotopic (exact) mass is 325 g/mol. The number of amides is 3. The molecule has 1 heterocycles. The number of carbonyl (C=O) groups is 2. The predicted molar refractivity (Wildman–Crippen MR) is 80.5 cm³/mol. The summed E-state index contributed by atoms with van der Waals surface area (Å²) in [5.41, 5.74) is 6.01. The molecule has 7 nitrogen and oxygen atoms in total. The molecule has 1 aromatic carbocycles. The highest BCUT2D eigenvalue weighted by molar-refractivity contribution is 7.89. The number of sulfonamides is 1. The van der Waals surface area contributed by atoms with E-state index in [2.05, 4.69) is 0 Å². The molecule has 2 N–H and O–H groups in total. The summed E-state index contributed by atoms with van der Waals surface area (Å²) in [5.74, 6) is -0.872. The summed E-state index contributed by atoms with van der Waals surface area (Å²) >= 11 is 0. The fraction of sp³-hybridized carbons (Fsp3) is 0.429. The van der Waals surface area contributed by atoms with Crippen LogP contribution in [0, 0.1) is 6.92 Å². The van der Waals surface area contributed by atoms with Crippen LogP contribution in [0.1, 0.15) is 18.4 Å². The van der Waals surface area contributed by atoms with E-state index in [0.717, 1.165) is 18.4 Å². The van der Waals surface area contributed by atoms with Crippen molar-refractivity contribution in [3.8, 4) is 0 Å². The third kappa shape index (κ3) is 3.38. The Bertz CT molecular complexity index is 664. The average molecular weight is 325 g/mol. The van der Waals surface area contributed by atoms with Crippen molar-refractivity contribution >= 4 is 22.0 Å². The van der Waals surface area contributed by atoms with Gasteiger partial charge in [0.15, 0.2) is 0 Å². The number of urea groups is 1. The van der Waals surface area contributed by atoms with Gasteiger partial charge < -0.3 is 10.6 Å². The highest BCUT2D eigenvalue weighted by Crippen LogP contribution is 2.20. The van der Waals surface area contributed by atoms with Crippen LogP contribution in [0.2, 0.25) is 0 Å². The van der Waals surface area contributed by atoms with Crippen LogP contribution in [0.4, 0.5) is 4.79 Å². The fourth-order valence-electron chi connectivity index (χ4n) is 2.30. The van der Waals surface area contributed by atoms with Gasteiger partial charge in [0.1, 0.15) is 6.54 Å². The number of likely N-dealkylation sites (tertiary alicyclic amines) is 1. The van der Waals surface area contributed by atoms with Gasteiger partial charge in [0.05, 0.1) is 4.90 Å². The summed E-state index contributed by atoms with van der Waals surface area (Å²) in [6.45, 7) is 2.13. The van der Waals surface area contributed by atoms with Gasteiger partial charge in [-0.1, -0.05) is 17.7 Å². The predicted octanol–water partition coefficient (Wildman–Crippen LogP) is 0.687. The van der Waals surface area contributed by atoms with Crippen LogP contribution in [-0.2, 0) is 14.8 Å². The van der Waals surface area contributed by atoms with Gasteiger partial charge in [-0.25, -0.2) is 17.5 Å². The Morgan fingerprint density at radius 2 is 1.73 bits per heavy atom. The van der Waals surface area contributed by atoms with E-state index < -0.39 is 28.5 Å². The summed E-state index contributed by atoms with van der Waals surface area (Å²) in [6.07, 6.45) is 1.64. The summed E-state index contributed by atoms with van der Waals surface area (Å²) in [6, 6.07) is 5.40. The molecule has 1 aromatic rings. The first-order valence-corrected chi connectivity index (χ1v) is 8.43. The average Bonchev–Trinajstić information content (AvgIpc) is 2.98. The molecule has 8 heteroatoms. The van der Waals surface area contributed by atoms with E-state index >= 15 is 0 Å². The minimum absolute atomic E-state index is 0.0353. The Kier molecular flexibility index (Phi) is 4.70. The van der Waals surface area contributed by atoms with Crippen molar-refractivity contribution in [2.75, 3.05) is 19.6 Å². The normalized spacial score (nSPS) is 14.9. The van der Waals surface area contributed by atoms with E-state index in [4.69, 9.17) is 5.73 Å². The number of hydrogen-bond donors (Lipinski definition) is 1. The van der Waals surface area contributed by atoms with E-state index in [1.54, 1.807) is 12.1 Å². The van der Waals surface area contributed by atoms with Crippen LogP contribution in [0.5, 0.6) is 0 Å². The largest absolute Gasteiger partial charge is 0.368 e. The van der Waals surface area contributed by atoms with Crippen LogP contribution < -0.4 is 5.73 Å². The van der Waals surface area contributed by atoms with E-state index in [0.29, 0.717) is 17.4 Å². The summed E-state index contributed by atoms with van der Waals surface area (Å²) < 4.78 is 25.9. The second-order valence-electron chi connectivity index (χ2n) is 5.27. The first-order chi connectivity index (χ1) is 10.3. The van der Waals surface area contributed by atoms with Gasteiger partial charge in [0.25, 0.3) is 10.0 Å². The van der Waals surface area contributed by atoms with Gasteiger partial charge in [-0.05, 0) is 31.9 Å². The minimum atomic E-state index is -4.11. The van der Waals surface area contributed by atoms with Crippen molar-refractivity contribution < 1.29 is 18.0 Å². The maximum atomic E-state index is 12.6. The number of benzene rings is 1. The lowest BCUT2D eigenvalue weighted by Crippen LogP contribution is -2.48. The number of rotatable bonds is 4. The molecule has 22 heavy (non-hydrogen) atoms. The Morgan fingerprint density at radius 3 is 2.23 bits per heavy atom. The zero-order valence-corrected chi connectivity index (χ0v) is 13.2. The second kappa shape index (κ2) is 6.35. The molecule has 1 fully saturated rings. The third-order valence-electron chi connectivity index (χ3n) is 3.50. The molecule has 2 rings (SSSR count). The Labute approximate surface area is 129 Å². The standard InChI is InChI=1S/C14H19N3O4S/c1-11-4-6-12(7-5-11)22(20,21)17(10-13(15)18)14(19)16-8-2-3-9-16/h4-7H,2-3,8-10H2,1H3,(H2,15,18). The summed E-state index contributed by atoms with van der Waals surface area (Å²) in [7, 11) is -4.11. The van der Waals surface area contributed by atoms with E-state index in [1.807, 2.05) is 6.92 Å². The Balaban J connectivity index is 2.36. The van der Waals surface area contributed by atoms with Crippen LogP contribution in [0.3, 0.4) is 0 Å². The van der Waals surface area contributed by atoms with Crippen LogP contribution in [0.15, 0.2) is 29.2 Å². The van der Waals surface area contributed by atoms with Crippen LogP contribution >= 0.6 is 0 Å². The zero-order valence-electron chi connectivity index (χ0n) is 12.4. The van der Waals surface area contributed by atoms with Crippen LogP contribution in [-0.4, -0.2) is 49.2 Å². The topological polar surface area (TPSA) is 101 Å². The SMILES string of the molecule is Cc1ccc(S(=O)(=O)N(CC(N)=O)C(=O)N2CCCC2)cc1. The van der Waals surface area contributed by atoms with Gasteiger partial charge in [-0.15, -0.1) is 0 Å². The van der Waals surface area contributed by atoms with Crippen molar-refractivity contribution in [1.29, 1.82) is 0 Å². The molecule has 0 atom stereocenters. The van der Waals surface area contributed by atoms with E-state index in [1.165, 1.54) is 17.0 Å². The van der Waals surface area contributed by atoms with Gasteiger partial charge in [0, 0.05) is 13.1 Å². The van der Waals surface area contributed by atoms with Crippen molar-refractivity contribution in [1.82, 2.24) is 9.21 Å². The van der Waals surface area contributed by atoms with Gasteiger partial charge in [-0.2, -0.15) is 0 Å². The molecule has 0 aliphatic carbocycles. The minimum Gasteiger partial charge on any atom is -0.368 e. The van der Waals surface area contributed by atoms with Gasteiger partial charge in [0.2, 0.25) is 5.91 Å². The molecule has 1 aliphatic rings. The van der Waals surface area contributed by atoms with Crippen LogP contribution in [0.25, 0.3) is 0 Å². The summed E-state index contributed by atoms with van der Waals surface area (Å²) in [5, 5.41) is 0. The maximum Gasteiger partial charge on any atom is 0.334 e. The molecule has 3 amide bonds. The number of nitrogens with two attached hydrogens (primary N) is 1. The van der Waals surface area contributed by atoms with Crippen molar-refractivity contribution in [2.24, 2.45) is 5.73 Å². The first kappa shape index (κ1) is 16.3. The van der Waals surface area contributed by atoms with Gasteiger partial charge in [-0.3, -0.25) is 4.79 Å². The third-order valence-corrected chi connectivity index (χ3v) is 5.23. The Hall–Kier alpha value is -2.09. The highest BCUT2D eigenvalue weighted by atomic mass is 32.2. The molecule has 0 aromatic heterocycles. The molecule has 0 spiro atoms. The fourth-order valence-corrected chi connectivity index (χ4v) is 3.65. The molecule has 0 saturated carbocycles. The second-order valence-corrected chi connectivity index (χ2v) is 7.13. The zero-order chi connectivity index (χ0) is 16.3. The molecular weight excluding hydrogens is 306 g/mol. The molecule has 0 unspecified atom stereocenters. The Morgan fingerprint density at radius 1 is 1.18 bits per heavy atom. The van der Waals surface area contributed by atoms with E-state index in [-0.39, 0.29) is 4.90 Å². The van der Waals surface area contributed by atoms with Gasteiger partial charge >= 0.3 is 6.03 Å². The number of aryl methyl sites for hydroxylation is 1. The number of primary amides is 1. The quantitative estimate of drug-likeness (QED) is 0.880. The number of nitrogens with zero attached hydrogens (tertiary/aromatic N) is 2. The molecule has 0 radical (unpaired) electrons. The molecule has 1 aliphatic heterocycles. The maximum absolute atomic E-state index is 12.6. The lowest BCUT2D eigenvalue weighted by molar-refractivity contribution is -0.118. The van der Waals surface area contributed by atoms with Crippen molar-refractivity contribution in [3.05, 3.63) is 29.8 Å². The van der Waals surface area contributed by atoms with Crippen molar-refractivity contribution in [2.45, 2.75) is 24.7 Å². The first-order valence-electron chi connectivity index (χ1n) is 6.99. The lowest BCUT2D eigenvalue weighted by atomic mass is 10.2. The molecule has 120 valence electrons. The van der Waals surface area contributed by atoms with E-state index in [9.17, 15) is 18.0 Å². The highest BCUT2D eigenvalue weighted by Gasteiger charge is 2.34.